The van der Waals surface area contributed by atoms with Crippen molar-refractivity contribution in [2.75, 3.05) is 37.5 Å². The first-order valence-electron chi connectivity index (χ1n) is 5.20. The zero-order valence-corrected chi connectivity index (χ0v) is 10.3. The average molecular weight is 225 g/mol. The molecule has 0 bridgehead atoms. The molecule has 0 saturated carbocycles. The Labute approximate surface area is 97.6 Å². The predicted molar refractivity (Wildman–Crippen MR) is 69.1 cm³/mol. The molecule has 0 aliphatic carbocycles. The molecule has 1 aromatic rings. The van der Waals surface area contributed by atoms with Crippen LogP contribution in [-0.2, 0) is 4.74 Å². The van der Waals surface area contributed by atoms with Crippen LogP contribution in [-0.4, -0.2) is 32.6 Å². The molecule has 0 atom stereocenters. The quantitative estimate of drug-likeness (QED) is 0.589. The first-order valence-corrected chi connectivity index (χ1v) is 5.83. The molecule has 0 radical (unpaired) electrons. The lowest BCUT2D eigenvalue weighted by Crippen LogP contribution is -2.22. The SMILES string of the molecule is Cc1ccc(N(C)CCOCCS)cc1. The van der Waals surface area contributed by atoms with Gasteiger partial charge in [0.05, 0.1) is 13.2 Å². The number of hydrogen-bond acceptors (Lipinski definition) is 3. The van der Waals surface area contributed by atoms with E-state index in [0.717, 1.165) is 25.5 Å². The second-order valence-electron chi connectivity index (χ2n) is 3.59. The largest absolute Gasteiger partial charge is 0.379 e. The first kappa shape index (κ1) is 12.4. The molecule has 15 heavy (non-hydrogen) atoms. The Kier molecular flexibility index (Phi) is 5.58. The van der Waals surface area contributed by atoms with Crippen LogP contribution in [0.3, 0.4) is 0 Å². The number of nitrogens with zero attached hydrogens (tertiary/aromatic N) is 1. The number of aryl methyl sites for hydroxylation is 1. The zero-order valence-electron chi connectivity index (χ0n) is 9.44. The fourth-order valence-electron chi connectivity index (χ4n) is 1.30. The Bertz CT molecular complexity index is 273. The summed E-state index contributed by atoms with van der Waals surface area (Å²) in [5.41, 5.74) is 2.52. The van der Waals surface area contributed by atoms with Crippen LogP contribution in [0.2, 0.25) is 0 Å². The topological polar surface area (TPSA) is 12.5 Å². The van der Waals surface area contributed by atoms with Gasteiger partial charge in [0.25, 0.3) is 0 Å². The molecular weight excluding hydrogens is 206 g/mol. The van der Waals surface area contributed by atoms with E-state index in [1.54, 1.807) is 0 Å². The smallest absolute Gasteiger partial charge is 0.0641 e. The third-order valence-electron chi connectivity index (χ3n) is 2.28. The van der Waals surface area contributed by atoms with Crippen LogP contribution < -0.4 is 4.90 Å². The molecule has 0 aliphatic rings. The standard InChI is InChI=1S/C12H19NOS/c1-11-3-5-12(6-4-11)13(2)7-8-14-9-10-15/h3-6,15H,7-10H2,1-2H3. The highest BCUT2D eigenvalue weighted by atomic mass is 32.1. The van der Waals surface area contributed by atoms with Crippen molar-refractivity contribution in [3.63, 3.8) is 0 Å². The average Bonchev–Trinajstić information content (AvgIpc) is 2.25. The first-order chi connectivity index (χ1) is 7.24. The van der Waals surface area contributed by atoms with E-state index in [2.05, 4.69) is 55.8 Å². The number of thiol groups is 1. The molecule has 0 fully saturated rings. The molecule has 84 valence electrons. The van der Waals surface area contributed by atoms with Gasteiger partial charge in [0.1, 0.15) is 0 Å². The van der Waals surface area contributed by atoms with Crippen molar-refractivity contribution in [1.29, 1.82) is 0 Å². The molecule has 0 spiro atoms. The van der Waals surface area contributed by atoms with Crippen molar-refractivity contribution in [3.05, 3.63) is 29.8 Å². The van der Waals surface area contributed by atoms with Crippen molar-refractivity contribution >= 4 is 18.3 Å². The van der Waals surface area contributed by atoms with Crippen molar-refractivity contribution in [3.8, 4) is 0 Å². The van der Waals surface area contributed by atoms with Crippen molar-refractivity contribution in [1.82, 2.24) is 0 Å². The Morgan fingerprint density at radius 1 is 1.20 bits per heavy atom. The van der Waals surface area contributed by atoms with E-state index >= 15 is 0 Å². The number of hydrogen-bond donors (Lipinski definition) is 1. The number of benzene rings is 1. The third-order valence-corrected chi connectivity index (χ3v) is 2.46. The van der Waals surface area contributed by atoms with E-state index in [0.29, 0.717) is 0 Å². The summed E-state index contributed by atoms with van der Waals surface area (Å²) in [5.74, 6) is 0.786. The lowest BCUT2D eigenvalue weighted by Gasteiger charge is -2.19. The fourth-order valence-corrected chi connectivity index (χ4v) is 1.43. The summed E-state index contributed by atoms with van der Waals surface area (Å²) in [6, 6.07) is 8.52. The lowest BCUT2D eigenvalue weighted by atomic mass is 10.2. The van der Waals surface area contributed by atoms with Crippen LogP contribution in [0.5, 0.6) is 0 Å². The maximum atomic E-state index is 5.38. The summed E-state index contributed by atoms with van der Waals surface area (Å²) in [7, 11) is 2.08. The molecule has 1 aromatic carbocycles. The summed E-state index contributed by atoms with van der Waals surface area (Å²) < 4.78 is 5.38. The molecule has 3 heteroatoms. The molecule has 0 aliphatic heterocycles. The molecule has 0 heterocycles. The van der Waals surface area contributed by atoms with Gasteiger partial charge in [0.15, 0.2) is 0 Å². The van der Waals surface area contributed by atoms with E-state index in [1.807, 2.05) is 0 Å². The highest BCUT2D eigenvalue weighted by molar-refractivity contribution is 7.80. The molecule has 0 amide bonds. The van der Waals surface area contributed by atoms with Crippen molar-refractivity contribution < 1.29 is 4.74 Å². The van der Waals surface area contributed by atoms with Gasteiger partial charge in [-0.15, -0.1) is 0 Å². The van der Waals surface area contributed by atoms with Gasteiger partial charge in [-0.1, -0.05) is 17.7 Å². The van der Waals surface area contributed by atoms with Gasteiger partial charge < -0.3 is 9.64 Å². The maximum Gasteiger partial charge on any atom is 0.0641 e. The summed E-state index contributed by atoms with van der Waals surface area (Å²) >= 11 is 4.09. The van der Waals surface area contributed by atoms with Gasteiger partial charge >= 0.3 is 0 Å². The molecule has 2 nitrogen and oxygen atoms in total. The van der Waals surface area contributed by atoms with Gasteiger partial charge in [-0.2, -0.15) is 12.6 Å². The van der Waals surface area contributed by atoms with Gasteiger partial charge in [-0.05, 0) is 19.1 Å². The van der Waals surface area contributed by atoms with Crippen molar-refractivity contribution in [2.45, 2.75) is 6.92 Å². The van der Waals surface area contributed by atoms with Crippen molar-refractivity contribution in [2.24, 2.45) is 0 Å². The van der Waals surface area contributed by atoms with E-state index in [1.165, 1.54) is 11.3 Å². The summed E-state index contributed by atoms with van der Waals surface area (Å²) in [4.78, 5) is 2.19. The minimum Gasteiger partial charge on any atom is -0.379 e. The molecule has 0 saturated heterocycles. The van der Waals surface area contributed by atoms with Crippen LogP contribution in [0.4, 0.5) is 5.69 Å². The van der Waals surface area contributed by atoms with Crippen LogP contribution in [0, 0.1) is 6.92 Å². The minimum atomic E-state index is 0.727. The van der Waals surface area contributed by atoms with Gasteiger partial charge in [-0.3, -0.25) is 0 Å². The highest BCUT2D eigenvalue weighted by Gasteiger charge is 1.99. The van der Waals surface area contributed by atoms with E-state index in [-0.39, 0.29) is 0 Å². The molecular formula is C12H19NOS. The maximum absolute atomic E-state index is 5.38. The number of rotatable bonds is 6. The summed E-state index contributed by atoms with van der Waals surface area (Å²) in [5, 5.41) is 0. The Hall–Kier alpha value is -0.670. The van der Waals surface area contributed by atoms with E-state index in [9.17, 15) is 0 Å². The minimum absolute atomic E-state index is 0.727. The normalized spacial score (nSPS) is 10.3. The van der Waals surface area contributed by atoms with E-state index < -0.39 is 0 Å². The Balaban J connectivity index is 2.33. The molecule has 0 unspecified atom stereocenters. The summed E-state index contributed by atoms with van der Waals surface area (Å²) in [6.07, 6.45) is 0. The van der Waals surface area contributed by atoms with Crippen LogP contribution in [0.1, 0.15) is 5.56 Å². The molecule has 0 N–H and O–H groups in total. The van der Waals surface area contributed by atoms with Crippen LogP contribution in [0.15, 0.2) is 24.3 Å². The third kappa shape index (κ3) is 4.58. The molecule has 1 rings (SSSR count). The van der Waals surface area contributed by atoms with E-state index in [4.69, 9.17) is 4.74 Å². The number of likely N-dealkylation sites (N-methyl/N-ethyl adjacent to an activating group) is 1. The summed E-state index contributed by atoms with van der Waals surface area (Å²) in [6.45, 7) is 4.49. The number of ether oxygens (including phenoxy) is 1. The Morgan fingerprint density at radius 3 is 2.47 bits per heavy atom. The van der Waals surface area contributed by atoms with Crippen LogP contribution >= 0.6 is 12.6 Å². The predicted octanol–water partition coefficient (Wildman–Crippen LogP) is 2.38. The second kappa shape index (κ2) is 6.75. The number of anilines is 1. The van der Waals surface area contributed by atoms with Gasteiger partial charge in [-0.25, -0.2) is 0 Å². The van der Waals surface area contributed by atoms with Crippen LogP contribution in [0.25, 0.3) is 0 Å². The molecule has 0 aromatic heterocycles. The van der Waals surface area contributed by atoms with Gasteiger partial charge in [0, 0.05) is 25.0 Å². The second-order valence-corrected chi connectivity index (χ2v) is 4.04. The highest BCUT2D eigenvalue weighted by Crippen LogP contribution is 2.12. The monoisotopic (exact) mass is 225 g/mol. The fraction of sp³-hybridized carbons (Fsp3) is 0.500. The lowest BCUT2D eigenvalue weighted by molar-refractivity contribution is 0.157. The van der Waals surface area contributed by atoms with Gasteiger partial charge in [0.2, 0.25) is 0 Å². The zero-order chi connectivity index (χ0) is 11.1. The Morgan fingerprint density at radius 2 is 1.87 bits per heavy atom.